The van der Waals surface area contributed by atoms with Crippen molar-refractivity contribution in [2.24, 2.45) is 0 Å². The van der Waals surface area contributed by atoms with E-state index < -0.39 is 23.4 Å². The van der Waals surface area contributed by atoms with Crippen LogP contribution in [0.2, 0.25) is 0 Å². The van der Waals surface area contributed by atoms with Crippen molar-refractivity contribution in [1.82, 2.24) is 14.7 Å². The quantitative estimate of drug-likeness (QED) is 0.663. The van der Waals surface area contributed by atoms with Gasteiger partial charge in [-0.15, -0.1) is 0 Å². The molecule has 9 nitrogen and oxygen atoms in total. The first-order valence-electron chi connectivity index (χ1n) is 11.5. The molecule has 1 aliphatic carbocycles. The number of rotatable bonds is 6. The lowest BCUT2D eigenvalue weighted by Gasteiger charge is -2.31. The Kier molecular flexibility index (Phi) is 6.67. The average molecular weight is 456 g/mol. The molecule has 2 aromatic heterocycles. The van der Waals surface area contributed by atoms with Crippen LogP contribution < -0.4 is 15.6 Å². The van der Waals surface area contributed by atoms with Crippen LogP contribution in [0.15, 0.2) is 34.6 Å². The number of esters is 2. The zero-order chi connectivity index (χ0) is 23.5. The van der Waals surface area contributed by atoms with Gasteiger partial charge < -0.3 is 19.5 Å². The first-order valence-corrected chi connectivity index (χ1v) is 11.5. The Hall–Kier alpha value is -3.36. The van der Waals surface area contributed by atoms with Gasteiger partial charge >= 0.3 is 11.9 Å². The highest BCUT2D eigenvalue weighted by atomic mass is 16.5. The zero-order valence-electron chi connectivity index (χ0n) is 19.2. The van der Waals surface area contributed by atoms with Crippen LogP contribution in [0.3, 0.4) is 0 Å². The smallest absolute Gasteiger partial charge is 0.340 e. The molecule has 3 heterocycles. The summed E-state index contributed by atoms with van der Waals surface area (Å²) in [7, 11) is 0. The van der Waals surface area contributed by atoms with Crippen LogP contribution in [-0.2, 0) is 19.1 Å². The third kappa shape index (κ3) is 4.44. The number of hydrogen-bond acceptors (Lipinski definition) is 8. The van der Waals surface area contributed by atoms with Gasteiger partial charge in [0.05, 0.1) is 18.8 Å². The minimum atomic E-state index is -1.31. The molecule has 9 heteroatoms. The summed E-state index contributed by atoms with van der Waals surface area (Å²) in [5.41, 5.74) is 0.721. The fraction of sp³-hybridized carbons (Fsp3) is 0.500. The van der Waals surface area contributed by atoms with E-state index in [1.807, 2.05) is 6.92 Å². The number of aromatic nitrogens is 2. The van der Waals surface area contributed by atoms with Gasteiger partial charge in [-0.1, -0.05) is 19.3 Å². The summed E-state index contributed by atoms with van der Waals surface area (Å²) in [4.78, 5) is 44.2. The second-order valence-electron chi connectivity index (χ2n) is 8.30. The molecule has 33 heavy (non-hydrogen) atoms. The minimum absolute atomic E-state index is 0.00462. The third-order valence-electron chi connectivity index (χ3n) is 5.96. The molecule has 1 unspecified atom stereocenters. The third-order valence-corrected chi connectivity index (χ3v) is 5.96. The first-order chi connectivity index (χ1) is 15.9. The molecule has 0 aromatic carbocycles. The SMILES string of the molecule is CCOC(=O)C1=C(NC2CCCCC2)Oc2nc3cc(C)ccn3c(=O)c2C1C(=O)OCC. The van der Waals surface area contributed by atoms with Gasteiger partial charge in [-0.25, -0.2) is 4.79 Å². The summed E-state index contributed by atoms with van der Waals surface area (Å²) < 4.78 is 17.9. The van der Waals surface area contributed by atoms with Gasteiger partial charge in [0.2, 0.25) is 11.8 Å². The Labute approximate surface area is 191 Å². The molecule has 1 fully saturated rings. The number of nitrogens with one attached hydrogen (secondary N) is 1. The van der Waals surface area contributed by atoms with Gasteiger partial charge in [-0.2, -0.15) is 4.98 Å². The van der Waals surface area contributed by atoms with Crippen LogP contribution in [0.5, 0.6) is 5.88 Å². The second-order valence-corrected chi connectivity index (χ2v) is 8.30. The summed E-state index contributed by atoms with van der Waals surface area (Å²) in [6.07, 6.45) is 6.68. The van der Waals surface area contributed by atoms with Crippen LogP contribution in [0.1, 0.15) is 63.0 Å². The van der Waals surface area contributed by atoms with E-state index >= 15 is 0 Å². The maximum absolute atomic E-state index is 13.5. The van der Waals surface area contributed by atoms with E-state index in [0.29, 0.717) is 5.65 Å². The highest BCUT2D eigenvalue weighted by molar-refractivity contribution is 6.00. The van der Waals surface area contributed by atoms with Gasteiger partial charge in [0.1, 0.15) is 17.1 Å². The minimum Gasteiger partial charge on any atom is -0.465 e. The number of nitrogens with zero attached hydrogens (tertiary/aromatic N) is 2. The normalized spacial score (nSPS) is 18.5. The average Bonchev–Trinajstić information content (AvgIpc) is 2.79. The van der Waals surface area contributed by atoms with E-state index in [2.05, 4.69) is 10.3 Å². The Morgan fingerprint density at radius 1 is 1.18 bits per heavy atom. The van der Waals surface area contributed by atoms with Crippen molar-refractivity contribution in [2.75, 3.05) is 13.2 Å². The van der Waals surface area contributed by atoms with Crippen LogP contribution in [0, 0.1) is 6.92 Å². The summed E-state index contributed by atoms with van der Waals surface area (Å²) in [6.45, 7) is 5.43. The standard InChI is InChI=1S/C24H29N3O6/c1-4-31-23(29)17-18-20(26-16-13-14(3)11-12-27(16)22(18)28)33-21(19(17)24(30)32-5-2)25-15-9-7-6-8-10-15/h11-13,15,17,25H,4-10H2,1-3H3. The molecule has 4 rings (SSSR count). The molecule has 176 valence electrons. The number of pyridine rings is 1. The van der Waals surface area contributed by atoms with Crippen LogP contribution in [0.25, 0.3) is 5.65 Å². The van der Waals surface area contributed by atoms with Gasteiger partial charge in [0.15, 0.2) is 0 Å². The van der Waals surface area contributed by atoms with E-state index in [9.17, 15) is 14.4 Å². The van der Waals surface area contributed by atoms with Crippen molar-refractivity contribution >= 4 is 17.6 Å². The fourth-order valence-electron chi connectivity index (χ4n) is 4.41. The predicted octanol–water partition coefficient (Wildman–Crippen LogP) is 2.74. The Bertz CT molecular complexity index is 1160. The van der Waals surface area contributed by atoms with Crippen molar-refractivity contribution < 1.29 is 23.8 Å². The summed E-state index contributed by atoms with van der Waals surface area (Å²) in [6, 6.07) is 3.60. The van der Waals surface area contributed by atoms with Crippen LogP contribution >= 0.6 is 0 Å². The number of carbonyl (C=O) groups is 2. The molecule has 0 spiro atoms. The zero-order valence-corrected chi connectivity index (χ0v) is 19.2. The molecule has 1 N–H and O–H groups in total. The van der Waals surface area contributed by atoms with Gasteiger partial charge in [0.25, 0.3) is 5.56 Å². The van der Waals surface area contributed by atoms with Crippen molar-refractivity contribution in [2.45, 2.75) is 64.8 Å². The molecule has 2 aliphatic rings. The highest BCUT2D eigenvalue weighted by Gasteiger charge is 2.44. The lowest BCUT2D eigenvalue weighted by atomic mass is 9.89. The van der Waals surface area contributed by atoms with Gasteiger partial charge in [-0.3, -0.25) is 14.0 Å². The maximum atomic E-state index is 13.5. The molecule has 0 radical (unpaired) electrons. The van der Waals surface area contributed by atoms with Crippen molar-refractivity contribution in [1.29, 1.82) is 0 Å². The van der Waals surface area contributed by atoms with Gasteiger partial charge in [-0.05, 0) is 51.3 Å². The van der Waals surface area contributed by atoms with E-state index in [1.54, 1.807) is 32.2 Å². The molecular formula is C24H29N3O6. The first kappa shape index (κ1) is 22.8. The van der Waals surface area contributed by atoms with Crippen molar-refractivity contribution in [3.05, 3.63) is 51.3 Å². The Balaban J connectivity index is 1.91. The molecule has 0 amide bonds. The predicted molar refractivity (Wildman–Crippen MR) is 120 cm³/mol. The number of fused-ring (bicyclic) bond motifs is 2. The number of carbonyl (C=O) groups excluding carboxylic acids is 2. The summed E-state index contributed by atoms with van der Waals surface area (Å²) >= 11 is 0. The molecular weight excluding hydrogens is 426 g/mol. The molecule has 2 aromatic rings. The van der Waals surface area contributed by atoms with E-state index in [4.69, 9.17) is 14.2 Å². The molecule has 1 aliphatic heterocycles. The van der Waals surface area contributed by atoms with E-state index in [0.717, 1.165) is 37.7 Å². The molecule has 0 saturated heterocycles. The summed E-state index contributed by atoms with van der Waals surface area (Å²) in [5.74, 6) is -2.66. The Morgan fingerprint density at radius 3 is 2.61 bits per heavy atom. The van der Waals surface area contributed by atoms with Crippen molar-refractivity contribution in [3.63, 3.8) is 0 Å². The van der Waals surface area contributed by atoms with Gasteiger partial charge in [0, 0.05) is 12.2 Å². The van der Waals surface area contributed by atoms with Crippen LogP contribution in [-0.4, -0.2) is 40.6 Å². The fourth-order valence-corrected chi connectivity index (χ4v) is 4.41. The number of aryl methyl sites for hydroxylation is 1. The largest absolute Gasteiger partial charge is 0.465 e. The topological polar surface area (TPSA) is 108 Å². The molecule has 1 atom stereocenters. The molecule has 1 saturated carbocycles. The van der Waals surface area contributed by atoms with Crippen LogP contribution in [0.4, 0.5) is 0 Å². The molecule has 0 bridgehead atoms. The number of hydrogen-bond donors (Lipinski definition) is 1. The maximum Gasteiger partial charge on any atom is 0.340 e. The van der Waals surface area contributed by atoms with E-state index in [1.165, 1.54) is 4.40 Å². The highest BCUT2D eigenvalue weighted by Crippen LogP contribution is 2.38. The monoisotopic (exact) mass is 455 g/mol. The lowest BCUT2D eigenvalue weighted by Crippen LogP contribution is -2.41. The lowest BCUT2D eigenvalue weighted by molar-refractivity contribution is -0.148. The Morgan fingerprint density at radius 2 is 1.91 bits per heavy atom. The van der Waals surface area contributed by atoms with E-state index in [-0.39, 0.29) is 42.2 Å². The number of ether oxygens (including phenoxy) is 3. The van der Waals surface area contributed by atoms with Crippen molar-refractivity contribution in [3.8, 4) is 5.88 Å². The second kappa shape index (κ2) is 9.64. The summed E-state index contributed by atoms with van der Waals surface area (Å²) in [5, 5.41) is 3.29.